The van der Waals surface area contributed by atoms with Crippen LogP contribution in [0.4, 0.5) is 0 Å². The molecule has 0 fully saturated rings. The first kappa shape index (κ1) is 15.9. The molecular weight excluding hydrogens is 220 g/mol. The number of hydrogen-bond donors (Lipinski definition) is 3. The molecule has 0 bridgehead atoms. The number of carbonyl (C=O) groups excluding carboxylic acids is 1. The summed E-state index contributed by atoms with van der Waals surface area (Å²) in [7, 11) is 0. The lowest BCUT2D eigenvalue weighted by Gasteiger charge is -2.31. The van der Waals surface area contributed by atoms with Gasteiger partial charge in [0.15, 0.2) is 0 Å². The second kappa shape index (κ2) is 6.59. The van der Waals surface area contributed by atoms with Crippen LogP contribution in [-0.4, -0.2) is 29.6 Å². The van der Waals surface area contributed by atoms with Gasteiger partial charge in [0.2, 0.25) is 5.91 Å². The molecule has 0 aromatic rings. The molecule has 0 radical (unpaired) electrons. The third-order valence-corrected chi connectivity index (χ3v) is 3.72. The Bertz CT molecular complexity index is 267. The van der Waals surface area contributed by atoms with E-state index in [1.165, 1.54) is 0 Å². The van der Waals surface area contributed by atoms with Crippen LogP contribution in [0.15, 0.2) is 0 Å². The number of carboxylic acid groups (broad SMARTS) is 1. The molecule has 0 saturated heterocycles. The molecule has 4 N–H and O–H groups in total. The van der Waals surface area contributed by atoms with Gasteiger partial charge in [0, 0.05) is 12.6 Å². The van der Waals surface area contributed by atoms with Gasteiger partial charge in [-0.2, -0.15) is 0 Å². The van der Waals surface area contributed by atoms with E-state index in [9.17, 15) is 9.59 Å². The number of nitrogens with one attached hydrogen (secondary N) is 1. The van der Waals surface area contributed by atoms with E-state index in [4.69, 9.17) is 10.8 Å². The predicted octanol–water partition coefficient (Wildman–Crippen LogP) is 0.977. The van der Waals surface area contributed by atoms with E-state index in [0.29, 0.717) is 12.8 Å². The van der Waals surface area contributed by atoms with E-state index in [2.05, 4.69) is 5.32 Å². The molecule has 0 aromatic heterocycles. The second-order valence-electron chi connectivity index (χ2n) is 4.58. The Morgan fingerprint density at radius 3 is 2.06 bits per heavy atom. The highest BCUT2D eigenvalue weighted by molar-refractivity contribution is 5.83. The quantitative estimate of drug-likeness (QED) is 0.622. The second-order valence-corrected chi connectivity index (χ2v) is 4.58. The summed E-state index contributed by atoms with van der Waals surface area (Å²) in [6.45, 7) is 7.39. The summed E-state index contributed by atoms with van der Waals surface area (Å²) in [6.07, 6.45) is 1.31. The lowest BCUT2D eigenvalue weighted by Crippen LogP contribution is -2.50. The molecule has 0 aliphatic carbocycles. The van der Waals surface area contributed by atoms with Crippen molar-refractivity contribution in [3.63, 3.8) is 0 Å². The summed E-state index contributed by atoms with van der Waals surface area (Å²) in [5, 5.41) is 11.6. The molecule has 0 spiro atoms. The predicted molar refractivity (Wildman–Crippen MR) is 66.5 cm³/mol. The minimum absolute atomic E-state index is 0.148. The van der Waals surface area contributed by atoms with Gasteiger partial charge in [0.05, 0.1) is 11.3 Å². The van der Waals surface area contributed by atoms with Crippen molar-refractivity contribution in [1.29, 1.82) is 0 Å². The number of carbonyl (C=O) groups is 2. The molecule has 5 nitrogen and oxygen atoms in total. The molecule has 0 aliphatic heterocycles. The first-order chi connectivity index (χ1) is 7.84. The van der Waals surface area contributed by atoms with Crippen LogP contribution in [0.25, 0.3) is 0 Å². The number of hydrogen-bond acceptors (Lipinski definition) is 3. The number of nitrogens with two attached hydrogens (primary N) is 1. The van der Waals surface area contributed by atoms with Gasteiger partial charge in [-0.25, -0.2) is 0 Å². The van der Waals surface area contributed by atoms with Crippen molar-refractivity contribution in [2.75, 3.05) is 6.54 Å². The third-order valence-electron chi connectivity index (χ3n) is 3.72. The summed E-state index contributed by atoms with van der Waals surface area (Å²) in [4.78, 5) is 22.9. The monoisotopic (exact) mass is 244 g/mol. The smallest absolute Gasteiger partial charge is 0.308 e. The Morgan fingerprint density at radius 2 is 1.76 bits per heavy atom. The molecule has 1 amide bonds. The maximum absolute atomic E-state index is 12.1. The number of aliphatic carboxylic acids is 1. The highest BCUT2D eigenvalue weighted by Gasteiger charge is 2.35. The molecule has 100 valence electrons. The van der Waals surface area contributed by atoms with Crippen molar-refractivity contribution in [1.82, 2.24) is 5.32 Å². The van der Waals surface area contributed by atoms with Gasteiger partial charge in [-0.05, 0) is 26.7 Å². The van der Waals surface area contributed by atoms with Crippen molar-refractivity contribution < 1.29 is 14.7 Å². The van der Waals surface area contributed by atoms with E-state index in [-0.39, 0.29) is 12.5 Å². The lowest BCUT2D eigenvalue weighted by molar-refractivity contribution is -0.142. The van der Waals surface area contributed by atoms with Gasteiger partial charge in [-0.3, -0.25) is 9.59 Å². The van der Waals surface area contributed by atoms with Crippen LogP contribution in [0.1, 0.15) is 40.5 Å². The normalized spacial score (nSPS) is 15.1. The Balaban J connectivity index is 4.67. The van der Waals surface area contributed by atoms with Gasteiger partial charge >= 0.3 is 5.97 Å². The molecule has 17 heavy (non-hydrogen) atoms. The van der Waals surface area contributed by atoms with Crippen LogP contribution in [0, 0.1) is 11.3 Å². The fraction of sp³-hybridized carbons (Fsp3) is 0.833. The van der Waals surface area contributed by atoms with Gasteiger partial charge in [-0.15, -0.1) is 0 Å². The molecule has 0 rings (SSSR count). The number of amides is 1. The minimum atomic E-state index is -0.913. The molecule has 0 aliphatic rings. The Morgan fingerprint density at radius 1 is 1.29 bits per heavy atom. The van der Waals surface area contributed by atoms with E-state index in [1.54, 1.807) is 13.8 Å². The zero-order valence-corrected chi connectivity index (χ0v) is 11.1. The molecule has 0 aromatic carbocycles. The summed E-state index contributed by atoms with van der Waals surface area (Å²) in [5.41, 5.74) is 5.09. The highest BCUT2D eigenvalue weighted by Crippen LogP contribution is 2.25. The van der Waals surface area contributed by atoms with E-state index in [0.717, 1.165) is 0 Å². The summed E-state index contributed by atoms with van der Waals surface area (Å²) in [5.74, 6) is -1.67. The molecule has 5 heteroatoms. The van der Waals surface area contributed by atoms with Crippen molar-refractivity contribution in [2.45, 2.75) is 46.6 Å². The van der Waals surface area contributed by atoms with Gasteiger partial charge in [0.1, 0.15) is 0 Å². The third kappa shape index (κ3) is 3.70. The van der Waals surface area contributed by atoms with Crippen LogP contribution < -0.4 is 11.1 Å². The molecule has 0 heterocycles. The van der Waals surface area contributed by atoms with E-state index in [1.807, 2.05) is 13.8 Å². The highest BCUT2D eigenvalue weighted by atomic mass is 16.4. The molecule has 2 unspecified atom stereocenters. The largest absolute Gasteiger partial charge is 0.481 e. The van der Waals surface area contributed by atoms with Gasteiger partial charge in [-0.1, -0.05) is 13.8 Å². The Kier molecular flexibility index (Phi) is 6.16. The number of carboxylic acids is 1. The SMILES string of the molecule is CCC(CC)(CN)C(=O)NC(C)C(C)C(=O)O. The van der Waals surface area contributed by atoms with Gasteiger partial charge in [0.25, 0.3) is 0 Å². The Hall–Kier alpha value is -1.10. The zero-order chi connectivity index (χ0) is 13.6. The van der Waals surface area contributed by atoms with Crippen LogP contribution in [0.2, 0.25) is 0 Å². The van der Waals surface area contributed by atoms with Crippen LogP contribution >= 0.6 is 0 Å². The average molecular weight is 244 g/mol. The fourth-order valence-corrected chi connectivity index (χ4v) is 1.65. The maximum Gasteiger partial charge on any atom is 0.308 e. The first-order valence-electron chi connectivity index (χ1n) is 6.08. The van der Waals surface area contributed by atoms with Crippen molar-refractivity contribution >= 4 is 11.9 Å². The van der Waals surface area contributed by atoms with Crippen LogP contribution in [0.5, 0.6) is 0 Å². The number of rotatable bonds is 7. The van der Waals surface area contributed by atoms with Crippen LogP contribution in [0.3, 0.4) is 0 Å². The van der Waals surface area contributed by atoms with Crippen LogP contribution in [-0.2, 0) is 9.59 Å². The maximum atomic E-state index is 12.1. The van der Waals surface area contributed by atoms with Crippen molar-refractivity contribution in [3.05, 3.63) is 0 Å². The molecular formula is C12H24N2O3. The summed E-state index contributed by atoms with van der Waals surface area (Å²) >= 11 is 0. The molecule has 0 saturated carbocycles. The first-order valence-corrected chi connectivity index (χ1v) is 6.08. The zero-order valence-electron chi connectivity index (χ0n) is 11.1. The van der Waals surface area contributed by atoms with Crippen molar-refractivity contribution in [3.8, 4) is 0 Å². The van der Waals surface area contributed by atoms with E-state index >= 15 is 0 Å². The minimum Gasteiger partial charge on any atom is -0.481 e. The lowest BCUT2D eigenvalue weighted by atomic mass is 9.81. The average Bonchev–Trinajstić information content (AvgIpc) is 2.30. The summed E-state index contributed by atoms with van der Waals surface area (Å²) in [6, 6.07) is -0.399. The van der Waals surface area contributed by atoms with Gasteiger partial charge < -0.3 is 16.2 Å². The topological polar surface area (TPSA) is 92.4 Å². The standard InChI is InChI=1S/C12H24N2O3/c1-5-12(6-2,7-13)11(17)14-9(4)8(3)10(15)16/h8-9H,5-7,13H2,1-4H3,(H,14,17)(H,15,16). The fourth-order valence-electron chi connectivity index (χ4n) is 1.65. The Labute approximate surface area is 103 Å². The summed E-state index contributed by atoms with van der Waals surface area (Å²) < 4.78 is 0. The van der Waals surface area contributed by atoms with E-state index < -0.39 is 23.3 Å². The molecule has 2 atom stereocenters. The van der Waals surface area contributed by atoms with Crippen molar-refractivity contribution in [2.24, 2.45) is 17.1 Å².